The molecule has 232 valence electrons. The molecular weight excluding hydrogens is 525 g/mol. The Morgan fingerprint density at radius 1 is 1.02 bits per heavy atom. The molecule has 3 fully saturated rings. The largest absolute Gasteiger partial charge is 0.401 e. The van der Waals surface area contributed by atoms with Gasteiger partial charge in [0.05, 0.1) is 12.7 Å². The summed E-state index contributed by atoms with van der Waals surface area (Å²) in [5, 5.41) is 7.04. The van der Waals surface area contributed by atoms with Crippen molar-refractivity contribution in [2.24, 2.45) is 44.8 Å². The average Bonchev–Trinajstić information content (AvgIpc) is 3.30. The molecule has 1 aromatic rings. The van der Waals surface area contributed by atoms with Gasteiger partial charge in [-0.1, -0.05) is 53.6 Å². The molecule has 0 radical (unpaired) electrons. The molecule has 1 aromatic heterocycles. The molecule has 0 aliphatic heterocycles. The summed E-state index contributed by atoms with van der Waals surface area (Å²) in [5.74, 6) is 2.24. The number of nitrogens with one attached hydrogen (secondary N) is 1. The quantitative estimate of drug-likeness (QED) is 0.367. The van der Waals surface area contributed by atoms with Gasteiger partial charge in [-0.3, -0.25) is 0 Å². The van der Waals surface area contributed by atoms with Crippen LogP contribution in [0.3, 0.4) is 0 Å². The Bertz CT molecular complexity index is 1160. The minimum atomic E-state index is -4.19. The van der Waals surface area contributed by atoms with Crippen molar-refractivity contribution in [3.05, 3.63) is 17.5 Å². The van der Waals surface area contributed by atoms with Gasteiger partial charge >= 0.3 is 6.18 Å². The fourth-order valence-corrected chi connectivity index (χ4v) is 11.2. The van der Waals surface area contributed by atoms with Crippen molar-refractivity contribution in [2.45, 2.75) is 131 Å². The fraction of sp³-hybridized carbons (Fsp3) is 0.882. The van der Waals surface area contributed by atoms with Gasteiger partial charge in [0.15, 0.2) is 0 Å². The molecule has 0 bridgehead atoms. The lowest BCUT2D eigenvalue weighted by atomic mass is 9.36. The summed E-state index contributed by atoms with van der Waals surface area (Å²) >= 11 is 0. The van der Waals surface area contributed by atoms with Crippen LogP contribution < -0.4 is 5.32 Å². The number of hydrogen-bond acceptors (Lipinski definition) is 4. The van der Waals surface area contributed by atoms with Crippen molar-refractivity contribution >= 4 is 5.78 Å². The van der Waals surface area contributed by atoms with E-state index in [0.29, 0.717) is 24.8 Å². The third-order valence-electron chi connectivity index (χ3n) is 13.5. The van der Waals surface area contributed by atoms with Crippen molar-refractivity contribution in [3.8, 4) is 0 Å². The lowest BCUT2D eigenvalue weighted by molar-refractivity contribution is -0.183. The van der Waals surface area contributed by atoms with Crippen LogP contribution in [0.1, 0.15) is 125 Å². The van der Waals surface area contributed by atoms with Crippen LogP contribution in [0.25, 0.3) is 0 Å². The smallest absolute Gasteiger partial charge is 0.361 e. The maximum Gasteiger partial charge on any atom is 0.401 e. The van der Waals surface area contributed by atoms with Crippen LogP contribution in [0.5, 0.6) is 0 Å². The van der Waals surface area contributed by atoms with Crippen LogP contribution in [0.15, 0.2) is 10.7 Å². The van der Waals surface area contributed by atoms with E-state index >= 15 is 0 Å². The van der Waals surface area contributed by atoms with Crippen LogP contribution >= 0.6 is 0 Å². The zero-order chi connectivity index (χ0) is 30.3. The Morgan fingerprint density at radius 2 is 1.71 bits per heavy atom. The van der Waals surface area contributed by atoms with Crippen molar-refractivity contribution in [1.82, 2.24) is 10.5 Å². The molecule has 4 aliphatic rings. The summed E-state index contributed by atoms with van der Waals surface area (Å²) in [6.45, 7) is 17.9. The number of aromatic nitrogens is 1. The van der Waals surface area contributed by atoms with Gasteiger partial charge in [-0.05, 0) is 110 Å². The first-order chi connectivity index (χ1) is 18.8. The minimum Gasteiger partial charge on any atom is -0.361 e. The predicted octanol–water partition coefficient (Wildman–Crippen LogP) is 8.68. The number of ketones is 1. The first kappa shape index (κ1) is 31.1. The van der Waals surface area contributed by atoms with Gasteiger partial charge in [0.2, 0.25) is 0 Å². The highest BCUT2D eigenvalue weighted by atomic mass is 19.4. The monoisotopic (exact) mass is 578 g/mol. The van der Waals surface area contributed by atoms with E-state index in [2.05, 4.69) is 58.9 Å². The number of fused-ring (bicyclic) bond motifs is 3. The molecule has 1 N–H and O–H groups in total. The topological polar surface area (TPSA) is 55.1 Å². The van der Waals surface area contributed by atoms with Crippen LogP contribution in [0.2, 0.25) is 0 Å². The second kappa shape index (κ2) is 9.82. The molecule has 5 rings (SSSR count). The number of rotatable bonds is 6. The van der Waals surface area contributed by atoms with Crippen LogP contribution in [-0.2, 0) is 16.6 Å². The standard InChI is InChI=1S/C34H53F3N2O2/c1-22(40)15-26-31(7)16-23-19-39-41-27(23)29(4,5)25(31)9-10-32(26,8)30(6)12-14-33(20-38-21-34(35,36)37)13-11-28(2,3)17-24(33)18-30/h19,24-26,38H,9-18,20-21H2,1-8H3/t24?,25-,26+,30+,31-,32+,33+/m0/s1. The number of halogens is 3. The Kier molecular flexibility index (Phi) is 7.44. The van der Waals surface area contributed by atoms with E-state index < -0.39 is 12.7 Å². The normalized spacial score (nSPS) is 41.7. The van der Waals surface area contributed by atoms with Crippen molar-refractivity contribution < 1.29 is 22.5 Å². The summed E-state index contributed by atoms with van der Waals surface area (Å²) < 4.78 is 45.2. The highest BCUT2D eigenvalue weighted by Crippen LogP contribution is 2.72. The average molecular weight is 579 g/mol. The molecule has 0 amide bonds. The molecule has 41 heavy (non-hydrogen) atoms. The number of Topliss-reactive ketones (excluding diaryl/α,β-unsaturated/α-hetero) is 1. The predicted molar refractivity (Wildman–Crippen MR) is 155 cm³/mol. The first-order valence-electron chi connectivity index (χ1n) is 16.0. The number of nitrogens with zero attached hydrogens (tertiary/aromatic N) is 1. The van der Waals surface area contributed by atoms with Gasteiger partial charge in [-0.2, -0.15) is 13.2 Å². The molecule has 1 heterocycles. The summed E-state index contributed by atoms with van der Waals surface area (Å²) in [6, 6.07) is 0. The Morgan fingerprint density at radius 3 is 2.37 bits per heavy atom. The second-order valence-electron chi connectivity index (χ2n) is 17.0. The first-order valence-corrected chi connectivity index (χ1v) is 16.0. The summed E-state index contributed by atoms with van der Waals surface area (Å²) in [4.78, 5) is 13.0. The van der Waals surface area contributed by atoms with E-state index in [1.165, 1.54) is 5.56 Å². The Hall–Kier alpha value is -1.37. The molecule has 3 saturated carbocycles. The van der Waals surface area contributed by atoms with Gasteiger partial charge in [-0.15, -0.1) is 0 Å². The van der Waals surface area contributed by atoms with E-state index in [9.17, 15) is 18.0 Å². The van der Waals surface area contributed by atoms with Gasteiger partial charge < -0.3 is 14.6 Å². The molecule has 4 aliphatic carbocycles. The number of alkyl halides is 3. The van der Waals surface area contributed by atoms with Crippen molar-refractivity contribution in [2.75, 3.05) is 13.1 Å². The second-order valence-corrected chi connectivity index (χ2v) is 17.0. The molecule has 4 nitrogen and oxygen atoms in total. The third kappa shape index (κ3) is 5.12. The van der Waals surface area contributed by atoms with Crippen LogP contribution in [-0.4, -0.2) is 30.2 Å². The number of carbonyl (C=O) groups excluding carboxylic acids is 1. The van der Waals surface area contributed by atoms with Gasteiger partial charge in [-0.25, -0.2) is 0 Å². The molecule has 7 heteroatoms. The van der Waals surface area contributed by atoms with E-state index in [4.69, 9.17) is 4.52 Å². The van der Waals surface area contributed by atoms with Crippen molar-refractivity contribution in [1.29, 1.82) is 0 Å². The Balaban J connectivity index is 1.50. The van der Waals surface area contributed by atoms with Crippen LogP contribution in [0, 0.1) is 44.8 Å². The number of hydrogen-bond donors (Lipinski definition) is 1. The molecular formula is C34H53F3N2O2. The highest BCUT2D eigenvalue weighted by molar-refractivity contribution is 5.76. The molecule has 0 aromatic carbocycles. The SMILES string of the molecule is CC(=O)C[C@@H]1[C@@]2(C)Cc3cnoc3C(C)(C)[C@@H]2CC[C@@]1(C)[C@]1(C)CC[C@@]2(CNCC(F)(F)F)CCC(C)(C)CC2C1. The van der Waals surface area contributed by atoms with E-state index in [0.717, 1.165) is 63.5 Å². The summed E-state index contributed by atoms with van der Waals surface area (Å²) in [5.41, 5.74) is 1.01. The lowest BCUT2D eigenvalue weighted by Crippen LogP contribution is -2.63. The van der Waals surface area contributed by atoms with E-state index in [1.54, 1.807) is 6.92 Å². The molecule has 0 spiro atoms. The van der Waals surface area contributed by atoms with Crippen LogP contribution in [0.4, 0.5) is 13.2 Å². The molecule has 0 saturated heterocycles. The maximum atomic E-state index is 13.1. The van der Waals surface area contributed by atoms with E-state index in [-0.39, 0.29) is 44.2 Å². The molecule has 1 unspecified atom stereocenters. The lowest BCUT2D eigenvalue weighted by Gasteiger charge is -2.68. The summed E-state index contributed by atoms with van der Waals surface area (Å²) in [7, 11) is 0. The number of carbonyl (C=O) groups is 1. The Labute approximate surface area is 245 Å². The maximum absolute atomic E-state index is 13.1. The minimum absolute atomic E-state index is 0.00573. The van der Waals surface area contributed by atoms with Gasteiger partial charge in [0, 0.05) is 23.9 Å². The van der Waals surface area contributed by atoms with E-state index in [1.807, 2.05) is 6.20 Å². The zero-order valence-electron chi connectivity index (χ0n) is 26.7. The zero-order valence-corrected chi connectivity index (χ0v) is 26.7. The fourth-order valence-electron chi connectivity index (χ4n) is 11.2. The van der Waals surface area contributed by atoms with Crippen molar-refractivity contribution in [3.63, 3.8) is 0 Å². The van der Waals surface area contributed by atoms with Gasteiger partial charge in [0.25, 0.3) is 0 Å². The third-order valence-corrected chi connectivity index (χ3v) is 13.5. The highest BCUT2D eigenvalue weighted by Gasteiger charge is 2.66. The summed E-state index contributed by atoms with van der Waals surface area (Å²) in [6.07, 6.45) is 7.39. The molecule has 7 atom stereocenters. The van der Waals surface area contributed by atoms with Gasteiger partial charge in [0.1, 0.15) is 11.5 Å².